The summed E-state index contributed by atoms with van der Waals surface area (Å²) in [6.07, 6.45) is 0. The summed E-state index contributed by atoms with van der Waals surface area (Å²) in [5, 5.41) is 13.2. The van der Waals surface area contributed by atoms with E-state index in [-0.39, 0.29) is 22.3 Å². The number of esters is 1. The molecule has 0 radical (unpaired) electrons. The summed E-state index contributed by atoms with van der Waals surface area (Å²) in [5.41, 5.74) is 2.50. The van der Waals surface area contributed by atoms with Gasteiger partial charge in [0.25, 0.3) is 5.91 Å². The van der Waals surface area contributed by atoms with Crippen LogP contribution in [0, 0.1) is 24.0 Å². The third kappa shape index (κ3) is 5.36. The quantitative estimate of drug-likeness (QED) is 0.429. The zero-order chi connectivity index (χ0) is 20.8. The number of aryl methyl sites for hydroxylation is 2. The number of hydrogen-bond acceptors (Lipinski definition) is 7. The predicted molar refractivity (Wildman–Crippen MR) is 103 cm³/mol. The first-order valence-corrected chi connectivity index (χ1v) is 9.02. The lowest BCUT2D eigenvalue weighted by Gasteiger charge is -2.18. The molecule has 28 heavy (non-hydrogen) atoms. The monoisotopic (exact) mass is 405 g/mol. The van der Waals surface area contributed by atoms with Gasteiger partial charge in [-0.05, 0) is 31.0 Å². The summed E-state index contributed by atoms with van der Waals surface area (Å²) in [5.74, 6) is -1.79. The highest BCUT2D eigenvalue weighted by molar-refractivity contribution is 7.17. The third-order valence-corrected chi connectivity index (χ3v) is 4.87. The maximum atomic E-state index is 12.2. The fourth-order valence-electron chi connectivity index (χ4n) is 2.34. The Bertz CT molecular complexity index is 904. The molecule has 0 saturated heterocycles. The van der Waals surface area contributed by atoms with Crippen LogP contribution in [0.1, 0.15) is 20.8 Å². The number of anilines is 1. The fourth-order valence-corrected chi connectivity index (χ4v) is 3.05. The number of para-hydroxylation sites is 1. The lowest BCUT2D eigenvalue weighted by molar-refractivity contribution is -0.380. The third-order valence-electron chi connectivity index (χ3n) is 3.85. The number of carbonyl (C=O) groups is 3. The van der Waals surface area contributed by atoms with Gasteiger partial charge in [0, 0.05) is 18.8 Å². The van der Waals surface area contributed by atoms with Crippen molar-refractivity contribution >= 4 is 39.8 Å². The Morgan fingerprint density at radius 2 is 1.82 bits per heavy atom. The normalized spacial score (nSPS) is 10.2. The summed E-state index contributed by atoms with van der Waals surface area (Å²) < 4.78 is 4.87. The summed E-state index contributed by atoms with van der Waals surface area (Å²) in [4.78, 5) is 47.3. The molecule has 0 bridgehead atoms. The van der Waals surface area contributed by atoms with Gasteiger partial charge in [0.05, 0.1) is 11.5 Å². The van der Waals surface area contributed by atoms with E-state index in [4.69, 9.17) is 4.74 Å². The SMILES string of the molecule is Cc1cccc(C)c1NC(=O)CN(C)C(=O)COC(=O)c1ccc([N+](=O)[O-])s1. The second-order valence-corrected chi connectivity index (χ2v) is 7.10. The van der Waals surface area contributed by atoms with E-state index < -0.39 is 23.4 Å². The molecule has 0 saturated carbocycles. The number of likely N-dealkylation sites (N-methyl/N-ethyl adjacent to an activating group) is 1. The van der Waals surface area contributed by atoms with E-state index in [9.17, 15) is 24.5 Å². The van der Waals surface area contributed by atoms with Crippen LogP contribution in [0.5, 0.6) is 0 Å². The molecule has 0 unspecified atom stereocenters. The zero-order valence-corrected chi connectivity index (χ0v) is 16.4. The standard InChI is InChI=1S/C18H19N3O6S/c1-11-5-4-6-12(2)17(11)19-14(22)9-20(3)15(23)10-27-18(24)13-7-8-16(28-13)21(25)26/h4-8H,9-10H2,1-3H3,(H,19,22). The van der Waals surface area contributed by atoms with Crippen molar-refractivity contribution in [2.75, 3.05) is 25.5 Å². The molecular weight excluding hydrogens is 386 g/mol. The Hall–Kier alpha value is -3.27. The highest BCUT2D eigenvalue weighted by Gasteiger charge is 2.19. The number of rotatable bonds is 7. The molecule has 1 aromatic carbocycles. The molecule has 0 fully saturated rings. The lowest BCUT2D eigenvalue weighted by atomic mass is 10.1. The van der Waals surface area contributed by atoms with Crippen LogP contribution in [-0.2, 0) is 14.3 Å². The Balaban J connectivity index is 1.85. The Morgan fingerprint density at radius 3 is 2.39 bits per heavy atom. The summed E-state index contributed by atoms with van der Waals surface area (Å²) in [6, 6.07) is 8.06. The molecule has 10 heteroatoms. The van der Waals surface area contributed by atoms with Crippen molar-refractivity contribution in [1.82, 2.24) is 4.90 Å². The van der Waals surface area contributed by atoms with Gasteiger partial charge in [-0.3, -0.25) is 19.7 Å². The Kier molecular flexibility index (Phi) is 6.83. The highest BCUT2D eigenvalue weighted by Crippen LogP contribution is 2.24. The van der Waals surface area contributed by atoms with Crippen molar-refractivity contribution in [1.29, 1.82) is 0 Å². The maximum absolute atomic E-state index is 12.2. The molecule has 1 aromatic heterocycles. The number of nitro groups is 1. The zero-order valence-electron chi connectivity index (χ0n) is 15.6. The Morgan fingerprint density at radius 1 is 1.18 bits per heavy atom. The summed E-state index contributed by atoms with van der Waals surface area (Å²) in [6.45, 7) is 2.95. The van der Waals surface area contributed by atoms with Crippen LogP contribution in [0.25, 0.3) is 0 Å². The molecule has 2 rings (SSSR count). The van der Waals surface area contributed by atoms with Gasteiger partial charge in [-0.25, -0.2) is 4.79 Å². The van der Waals surface area contributed by atoms with E-state index in [1.807, 2.05) is 32.0 Å². The topological polar surface area (TPSA) is 119 Å². The molecule has 0 aliphatic carbocycles. The van der Waals surface area contributed by atoms with Crippen LogP contribution >= 0.6 is 11.3 Å². The minimum absolute atomic E-state index is 0.0231. The molecule has 9 nitrogen and oxygen atoms in total. The molecule has 0 atom stereocenters. The Labute approximate surface area is 165 Å². The molecule has 0 aliphatic rings. The van der Waals surface area contributed by atoms with Crippen LogP contribution in [0.2, 0.25) is 0 Å². The van der Waals surface area contributed by atoms with Crippen molar-refractivity contribution in [3.05, 3.63) is 56.5 Å². The number of hydrogen-bond donors (Lipinski definition) is 1. The number of ether oxygens (including phenoxy) is 1. The average Bonchev–Trinajstić information content (AvgIpc) is 3.13. The fraction of sp³-hybridized carbons (Fsp3) is 0.278. The first-order chi connectivity index (χ1) is 13.2. The molecule has 148 valence electrons. The smallest absolute Gasteiger partial charge is 0.349 e. The average molecular weight is 405 g/mol. The maximum Gasteiger partial charge on any atom is 0.349 e. The number of nitrogens with zero attached hydrogens (tertiary/aromatic N) is 2. The number of benzene rings is 1. The van der Waals surface area contributed by atoms with E-state index in [0.29, 0.717) is 17.0 Å². The van der Waals surface area contributed by atoms with E-state index in [1.165, 1.54) is 19.2 Å². The van der Waals surface area contributed by atoms with Gasteiger partial charge in [0.1, 0.15) is 4.88 Å². The molecule has 1 heterocycles. The summed E-state index contributed by atoms with van der Waals surface area (Å²) in [7, 11) is 1.41. The van der Waals surface area contributed by atoms with E-state index in [2.05, 4.69) is 5.32 Å². The van der Waals surface area contributed by atoms with Gasteiger partial charge in [-0.15, -0.1) is 0 Å². The first-order valence-electron chi connectivity index (χ1n) is 8.20. The number of nitrogens with one attached hydrogen (secondary N) is 1. The van der Waals surface area contributed by atoms with Gasteiger partial charge < -0.3 is 15.0 Å². The van der Waals surface area contributed by atoms with E-state index >= 15 is 0 Å². The van der Waals surface area contributed by atoms with Gasteiger partial charge in [-0.2, -0.15) is 0 Å². The van der Waals surface area contributed by atoms with Crippen LogP contribution in [-0.4, -0.2) is 47.8 Å². The minimum Gasteiger partial charge on any atom is -0.451 e. The van der Waals surface area contributed by atoms with Crippen molar-refractivity contribution in [3.63, 3.8) is 0 Å². The van der Waals surface area contributed by atoms with E-state index in [0.717, 1.165) is 16.0 Å². The molecular formula is C18H19N3O6S. The van der Waals surface area contributed by atoms with Crippen molar-refractivity contribution in [2.24, 2.45) is 0 Å². The second-order valence-electron chi connectivity index (χ2n) is 6.04. The number of carbonyl (C=O) groups excluding carboxylic acids is 3. The first kappa shape index (κ1) is 21.0. The molecule has 0 aliphatic heterocycles. The van der Waals surface area contributed by atoms with E-state index in [1.54, 1.807) is 0 Å². The predicted octanol–water partition coefficient (Wildman–Crippen LogP) is 2.53. The molecule has 0 spiro atoms. The van der Waals surface area contributed by atoms with Crippen LogP contribution < -0.4 is 5.32 Å². The number of amides is 2. The van der Waals surface area contributed by atoms with Crippen molar-refractivity contribution < 1.29 is 24.0 Å². The lowest BCUT2D eigenvalue weighted by Crippen LogP contribution is -2.37. The minimum atomic E-state index is -0.833. The van der Waals surface area contributed by atoms with Gasteiger partial charge in [-0.1, -0.05) is 29.5 Å². The molecule has 2 aromatic rings. The molecule has 2 amide bonds. The largest absolute Gasteiger partial charge is 0.451 e. The van der Waals surface area contributed by atoms with Gasteiger partial charge in [0.15, 0.2) is 6.61 Å². The van der Waals surface area contributed by atoms with Crippen LogP contribution in [0.4, 0.5) is 10.7 Å². The molecule has 1 N–H and O–H groups in total. The van der Waals surface area contributed by atoms with Crippen molar-refractivity contribution in [3.8, 4) is 0 Å². The summed E-state index contributed by atoms with van der Waals surface area (Å²) >= 11 is 0.661. The second kappa shape index (κ2) is 9.09. The van der Waals surface area contributed by atoms with Crippen LogP contribution in [0.15, 0.2) is 30.3 Å². The highest BCUT2D eigenvalue weighted by atomic mass is 32.1. The van der Waals surface area contributed by atoms with Crippen LogP contribution in [0.3, 0.4) is 0 Å². The van der Waals surface area contributed by atoms with Gasteiger partial charge in [0.2, 0.25) is 5.91 Å². The van der Waals surface area contributed by atoms with Gasteiger partial charge >= 0.3 is 11.0 Å². The number of thiophene rings is 1. The van der Waals surface area contributed by atoms with Crippen molar-refractivity contribution in [2.45, 2.75) is 13.8 Å².